The van der Waals surface area contributed by atoms with E-state index >= 15 is 0 Å². The van der Waals surface area contributed by atoms with Crippen molar-refractivity contribution in [3.05, 3.63) is 132 Å². The maximum absolute atomic E-state index is 6.41. The van der Waals surface area contributed by atoms with Crippen molar-refractivity contribution in [3.63, 3.8) is 0 Å². The number of aryl methyl sites for hydroxylation is 3. The van der Waals surface area contributed by atoms with Crippen molar-refractivity contribution >= 4 is 21.8 Å². The Kier molecular flexibility index (Phi) is 10.5. The normalized spacial score (nSPS) is 11.5. The summed E-state index contributed by atoms with van der Waals surface area (Å²) in [6.07, 6.45) is 10.4. The third-order valence-corrected chi connectivity index (χ3v) is 9.00. The summed E-state index contributed by atoms with van der Waals surface area (Å²) in [6.45, 7) is 11.3. The van der Waals surface area contributed by atoms with Gasteiger partial charge in [-0.3, -0.25) is 4.68 Å². The van der Waals surface area contributed by atoms with Gasteiger partial charge in [0, 0.05) is 35.0 Å². The van der Waals surface area contributed by atoms with E-state index < -0.39 is 0 Å². The van der Waals surface area contributed by atoms with Gasteiger partial charge in [-0.2, -0.15) is 17.2 Å². The van der Waals surface area contributed by atoms with E-state index in [1.54, 1.807) is 0 Å². The first kappa shape index (κ1) is 34.4. The molecule has 0 spiro atoms. The number of pyridine rings is 1. The van der Waals surface area contributed by atoms with Gasteiger partial charge in [0.1, 0.15) is 5.82 Å². The summed E-state index contributed by atoms with van der Waals surface area (Å²) in [7, 11) is 0. The minimum atomic E-state index is 0. The summed E-state index contributed by atoms with van der Waals surface area (Å²) in [4.78, 5) is 4.70. The van der Waals surface area contributed by atoms with Crippen LogP contribution in [0.4, 0.5) is 0 Å². The van der Waals surface area contributed by atoms with Gasteiger partial charge >= 0.3 is 21.1 Å². The SMILES string of the molecule is Cc1ccnc(-n2c3[c-]c(Oc4[c-]c(-n5cc(-c6c(CCC(C)C)cccc6CCC(C)C)cn5)ccc4)ccc3c3ccccc32)c1.[Pt+2]. The Morgan fingerprint density at radius 2 is 1.47 bits per heavy atom. The van der Waals surface area contributed by atoms with E-state index in [1.165, 1.54) is 16.7 Å². The summed E-state index contributed by atoms with van der Waals surface area (Å²) >= 11 is 0. The Bertz CT molecular complexity index is 2180. The smallest absolute Gasteiger partial charge is 0.509 e. The summed E-state index contributed by atoms with van der Waals surface area (Å²) in [5, 5.41) is 7.07. The van der Waals surface area contributed by atoms with Crippen molar-refractivity contribution in [1.29, 1.82) is 0 Å². The molecule has 0 N–H and O–H groups in total. The van der Waals surface area contributed by atoms with Gasteiger partial charge in [-0.05, 0) is 96.0 Å². The van der Waals surface area contributed by atoms with Crippen LogP contribution >= 0.6 is 0 Å². The fourth-order valence-electron chi connectivity index (χ4n) is 6.47. The number of benzene rings is 4. The van der Waals surface area contributed by atoms with Gasteiger partial charge in [0.15, 0.2) is 0 Å². The third-order valence-electron chi connectivity index (χ3n) is 9.00. The van der Waals surface area contributed by atoms with Gasteiger partial charge in [0.05, 0.1) is 6.20 Å². The molecular weight excluding hydrogens is 784 g/mol. The molecule has 6 heteroatoms. The van der Waals surface area contributed by atoms with E-state index in [2.05, 4.69) is 112 Å². The summed E-state index contributed by atoms with van der Waals surface area (Å²) in [5.41, 5.74) is 9.25. The molecule has 0 fully saturated rings. The van der Waals surface area contributed by atoms with Gasteiger partial charge < -0.3 is 9.30 Å². The van der Waals surface area contributed by atoms with Crippen molar-refractivity contribution in [2.75, 3.05) is 0 Å². The molecule has 3 heterocycles. The zero-order valence-electron chi connectivity index (χ0n) is 28.8. The second-order valence-corrected chi connectivity index (χ2v) is 13.6. The first-order valence-electron chi connectivity index (χ1n) is 17.1. The molecule has 0 bridgehead atoms. The number of rotatable bonds is 11. The molecule has 0 unspecified atom stereocenters. The molecule has 0 aliphatic heterocycles. The number of ether oxygens (including phenoxy) is 1. The topological polar surface area (TPSA) is 44.9 Å². The molecular formula is C43H42N4OPt. The Labute approximate surface area is 304 Å². The third kappa shape index (κ3) is 7.43. The molecule has 0 saturated heterocycles. The molecule has 7 rings (SSSR count). The average molecular weight is 826 g/mol. The molecule has 3 aromatic heterocycles. The van der Waals surface area contributed by atoms with Crippen LogP contribution in [0.15, 0.2) is 104 Å². The quantitative estimate of drug-likeness (QED) is 0.122. The van der Waals surface area contributed by atoms with Crippen LogP contribution in [0, 0.1) is 30.9 Å². The van der Waals surface area contributed by atoms with Crippen molar-refractivity contribution in [2.24, 2.45) is 11.8 Å². The van der Waals surface area contributed by atoms with E-state index in [-0.39, 0.29) is 21.1 Å². The molecule has 0 aliphatic rings. The molecule has 0 aliphatic carbocycles. The average Bonchev–Trinajstić information content (AvgIpc) is 3.69. The van der Waals surface area contributed by atoms with Crippen molar-refractivity contribution in [3.8, 4) is 34.1 Å². The monoisotopic (exact) mass is 825 g/mol. The molecule has 0 radical (unpaired) electrons. The number of aromatic nitrogens is 4. The predicted octanol–water partition coefficient (Wildman–Crippen LogP) is 10.9. The summed E-state index contributed by atoms with van der Waals surface area (Å²) < 4.78 is 10.5. The molecule has 0 amide bonds. The Morgan fingerprint density at radius 1 is 0.755 bits per heavy atom. The van der Waals surface area contributed by atoms with E-state index in [9.17, 15) is 0 Å². The first-order valence-corrected chi connectivity index (χ1v) is 17.1. The Balaban J connectivity index is 0.00000417. The van der Waals surface area contributed by atoms with Gasteiger partial charge in [0.2, 0.25) is 0 Å². The Hall–Kier alpha value is -4.47. The van der Waals surface area contributed by atoms with Crippen molar-refractivity contribution in [2.45, 2.75) is 60.3 Å². The molecule has 4 aromatic carbocycles. The number of para-hydroxylation sites is 1. The van der Waals surface area contributed by atoms with E-state index in [4.69, 9.17) is 14.8 Å². The van der Waals surface area contributed by atoms with Crippen LogP contribution in [0.1, 0.15) is 57.2 Å². The molecule has 250 valence electrons. The number of hydrogen-bond acceptors (Lipinski definition) is 3. The number of nitrogens with zero attached hydrogens (tertiary/aromatic N) is 4. The second-order valence-electron chi connectivity index (χ2n) is 13.6. The number of hydrogen-bond donors (Lipinski definition) is 0. The van der Waals surface area contributed by atoms with Gasteiger partial charge in [-0.1, -0.05) is 69.6 Å². The standard InChI is InChI=1S/C43H42N4O.Pt/c1-29(2)16-18-32-10-8-11-33(19-17-30(3)4)43(32)34-27-45-46(28-34)35-12-9-13-36(25-35)48-37-20-21-39-38-14-6-7-15-40(38)47(41(39)26-37)42-24-31(5)22-23-44-42;/h6-15,20-24,27-30H,16-19H2,1-5H3;/q-2;+2. The van der Waals surface area contributed by atoms with Crippen LogP contribution in [-0.2, 0) is 33.9 Å². The van der Waals surface area contributed by atoms with Gasteiger partial charge in [-0.15, -0.1) is 35.7 Å². The second kappa shape index (κ2) is 15.0. The number of fused-ring (bicyclic) bond motifs is 3. The van der Waals surface area contributed by atoms with Gasteiger partial charge in [0.25, 0.3) is 0 Å². The molecule has 0 atom stereocenters. The molecule has 5 nitrogen and oxygen atoms in total. The van der Waals surface area contributed by atoms with Crippen LogP contribution in [0.5, 0.6) is 11.5 Å². The zero-order chi connectivity index (χ0) is 33.2. The fourth-order valence-corrected chi connectivity index (χ4v) is 6.47. The fraction of sp³-hybridized carbons (Fsp3) is 0.256. The van der Waals surface area contributed by atoms with Crippen LogP contribution in [0.2, 0.25) is 0 Å². The molecule has 49 heavy (non-hydrogen) atoms. The molecule has 0 saturated carbocycles. The minimum absolute atomic E-state index is 0. The van der Waals surface area contributed by atoms with Crippen LogP contribution in [-0.4, -0.2) is 19.3 Å². The van der Waals surface area contributed by atoms with Crippen LogP contribution in [0.25, 0.3) is 44.4 Å². The summed E-state index contributed by atoms with van der Waals surface area (Å²) in [5.74, 6) is 3.38. The minimum Gasteiger partial charge on any atom is -0.509 e. The van der Waals surface area contributed by atoms with Crippen LogP contribution in [0.3, 0.4) is 0 Å². The van der Waals surface area contributed by atoms with Gasteiger partial charge in [-0.25, -0.2) is 4.98 Å². The largest absolute Gasteiger partial charge is 2.00 e. The maximum atomic E-state index is 6.41. The van der Waals surface area contributed by atoms with Crippen molar-refractivity contribution < 1.29 is 25.8 Å². The van der Waals surface area contributed by atoms with Crippen LogP contribution < -0.4 is 4.74 Å². The Morgan fingerprint density at radius 3 is 2.20 bits per heavy atom. The van der Waals surface area contributed by atoms with E-state index in [0.717, 1.165) is 70.1 Å². The van der Waals surface area contributed by atoms with E-state index in [1.807, 2.05) is 47.4 Å². The zero-order valence-corrected chi connectivity index (χ0v) is 31.1. The predicted molar refractivity (Wildman–Crippen MR) is 196 cm³/mol. The van der Waals surface area contributed by atoms with E-state index in [0.29, 0.717) is 23.3 Å². The first-order chi connectivity index (χ1) is 23.3. The maximum Gasteiger partial charge on any atom is 2.00 e. The summed E-state index contributed by atoms with van der Waals surface area (Å²) in [6, 6.07) is 36.3. The molecule has 7 aromatic rings. The van der Waals surface area contributed by atoms with Crippen molar-refractivity contribution in [1.82, 2.24) is 19.3 Å².